The largest absolute Gasteiger partial charge is 0.497 e. The molecule has 0 atom stereocenters. The minimum Gasteiger partial charge on any atom is -0.497 e. The van der Waals surface area contributed by atoms with Gasteiger partial charge in [0, 0.05) is 0 Å². The van der Waals surface area contributed by atoms with Crippen molar-refractivity contribution in [2.45, 2.75) is 26.1 Å². The summed E-state index contributed by atoms with van der Waals surface area (Å²) in [4.78, 5) is 3.83. The Balaban J connectivity index is 2.19. The standard InChI is InChI=1S/C13H14F3N3O/c1-9-17-12(7-13(14,15)16)19(18-9)8-10-3-5-11(20-2)6-4-10/h3-6H,7-8H2,1-2H3. The summed E-state index contributed by atoms with van der Waals surface area (Å²) in [7, 11) is 1.55. The fraction of sp³-hybridized carbons (Fsp3) is 0.385. The number of aryl methyl sites for hydroxylation is 1. The second kappa shape index (κ2) is 5.52. The lowest BCUT2D eigenvalue weighted by atomic mass is 10.2. The van der Waals surface area contributed by atoms with E-state index in [0.717, 1.165) is 5.56 Å². The van der Waals surface area contributed by atoms with Gasteiger partial charge in [-0.05, 0) is 24.6 Å². The van der Waals surface area contributed by atoms with Crippen LogP contribution in [0.25, 0.3) is 0 Å². The van der Waals surface area contributed by atoms with Gasteiger partial charge in [0.1, 0.15) is 23.8 Å². The average molecular weight is 285 g/mol. The summed E-state index contributed by atoms with van der Waals surface area (Å²) in [6.45, 7) is 1.82. The second-order valence-electron chi connectivity index (χ2n) is 4.37. The number of rotatable bonds is 4. The third-order valence-corrected chi connectivity index (χ3v) is 2.70. The van der Waals surface area contributed by atoms with Crippen LogP contribution >= 0.6 is 0 Å². The highest BCUT2D eigenvalue weighted by Crippen LogP contribution is 2.21. The van der Waals surface area contributed by atoms with Crippen LogP contribution in [-0.2, 0) is 13.0 Å². The number of halogens is 3. The van der Waals surface area contributed by atoms with Crippen LogP contribution in [0.15, 0.2) is 24.3 Å². The molecule has 0 spiro atoms. The number of hydrogen-bond acceptors (Lipinski definition) is 3. The van der Waals surface area contributed by atoms with Crippen LogP contribution in [0.1, 0.15) is 17.2 Å². The molecule has 0 bridgehead atoms. The summed E-state index contributed by atoms with van der Waals surface area (Å²) in [5, 5.41) is 4.01. The molecule has 0 aliphatic rings. The first kappa shape index (κ1) is 14.4. The van der Waals surface area contributed by atoms with E-state index in [4.69, 9.17) is 4.74 Å². The average Bonchev–Trinajstić information content (AvgIpc) is 2.68. The van der Waals surface area contributed by atoms with Gasteiger partial charge in [-0.1, -0.05) is 12.1 Å². The number of aromatic nitrogens is 3. The fourth-order valence-electron chi connectivity index (χ4n) is 1.84. The van der Waals surface area contributed by atoms with Crippen molar-refractivity contribution in [3.05, 3.63) is 41.5 Å². The van der Waals surface area contributed by atoms with Gasteiger partial charge < -0.3 is 4.74 Å². The summed E-state index contributed by atoms with van der Waals surface area (Å²) in [5.74, 6) is 0.947. The maximum absolute atomic E-state index is 12.5. The topological polar surface area (TPSA) is 39.9 Å². The van der Waals surface area contributed by atoms with Crippen LogP contribution in [0.5, 0.6) is 5.75 Å². The first-order valence-corrected chi connectivity index (χ1v) is 5.97. The van der Waals surface area contributed by atoms with Crippen LogP contribution < -0.4 is 4.74 Å². The van der Waals surface area contributed by atoms with Crippen LogP contribution in [0.4, 0.5) is 13.2 Å². The third-order valence-electron chi connectivity index (χ3n) is 2.70. The molecule has 108 valence electrons. The quantitative estimate of drug-likeness (QED) is 0.867. The molecular formula is C13H14F3N3O. The van der Waals surface area contributed by atoms with E-state index in [2.05, 4.69) is 10.1 Å². The SMILES string of the molecule is COc1ccc(Cn2nc(C)nc2CC(F)(F)F)cc1. The molecule has 0 saturated carbocycles. The van der Waals surface area contributed by atoms with E-state index in [1.165, 1.54) is 4.68 Å². The maximum atomic E-state index is 12.5. The van der Waals surface area contributed by atoms with Crippen LogP contribution in [0.3, 0.4) is 0 Å². The van der Waals surface area contributed by atoms with E-state index < -0.39 is 12.6 Å². The molecule has 1 aromatic carbocycles. The molecule has 7 heteroatoms. The van der Waals surface area contributed by atoms with Gasteiger partial charge in [-0.25, -0.2) is 9.67 Å². The van der Waals surface area contributed by atoms with Crippen molar-refractivity contribution in [2.75, 3.05) is 7.11 Å². The van der Waals surface area contributed by atoms with E-state index >= 15 is 0 Å². The second-order valence-corrected chi connectivity index (χ2v) is 4.37. The lowest BCUT2D eigenvalue weighted by Crippen LogP contribution is -2.17. The monoisotopic (exact) mass is 285 g/mol. The molecule has 0 N–H and O–H groups in total. The Hall–Kier alpha value is -2.05. The van der Waals surface area contributed by atoms with Crippen LogP contribution in [0, 0.1) is 6.92 Å². The summed E-state index contributed by atoms with van der Waals surface area (Å²) in [6.07, 6.45) is -5.37. The molecule has 0 unspecified atom stereocenters. The van der Waals surface area contributed by atoms with Crippen molar-refractivity contribution >= 4 is 0 Å². The predicted molar refractivity (Wildman–Crippen MR) is 66.6 cm³/mol. The predicted octanol–water partition coefficient (Wildman–Crippen LogP) is 2.75. The highest BCUT2D eigenvalue weighted by molar-refractivity contribution is 5.27. The molecule has 4 nitrogen and oxygen atoms in total. The van der Waals surface area contributed by atoms with Crippen molar-refractivity contribution in [3.8, 4) is 5.75 Å². The molecule has 0 saturated heterocycles. The van der Waals surface area contributed by atoms with Crippen LogP contribution in [0.2, 0.25) is 0 Å². The Morgan fingerprint density at radius 2 is 1.85 bits per heavy atom. The zero-order valence-electron chi connectivity index (χ0n) is 11.1. The maximum Gasteiger partial charge on any atom is 0.396 e. The van der Waals surface area contributed by atoms with Gasteiger partial charge in [0.05, 0.1) is 13.7 Å². The highest BCUT2D eigenvalue weighted by Gasteiger charge is 2.30. The Morgan fingerprint density at radius 3 is 2.40 bits per heavy atom. The van der Waals surface area contributed by atoms with Crippen LogP contribution in [-0.4, -0.2) is 28.1 Å². The molecule has 0 aliphatic carbocycles. The molecule has 2 aromatic rings. The number of benzene rings is 1. The number of methoxy groups -OCH3 is 1. The van der Waals surface area contributed by atoms with Gasteiger partial charge >= 0.3 is 6.18 Å². The molecule has 0 aliphatic heterocycles. The highest BCUT2D eigenvalue weighted by atomic mass is 19.4. The minimum absolute atomic E-state index is 0.0779. The van der Waals surface area contributed by atoms with Crippen molar-refractivity contribution in [3.63, 3.8) is 0 Å². The summed E-state index contributed by atoms with van der Waals surface area (Å²) >= 11 is 0. The third kappa shape index (κ3) is 3.72. The first-order valence-electron chi connectivity index (χ1n) is 5.97. The van der Waals surface area contributed by atoms with Crippen molar-refractivity contribution < 1.29 is 17.9 Å². The van der Waals surface area contributed by atoms with Gasteiger partial charge in [-0.2, -0.15) is 18.3 Å². The molecule has 0 fully saturated rings. The van der Waals surface area contributed by atoms with Gasteiger partial charge in [0.25, 0.3) is 0 Å². The Labute approximate surface area is 114 Å². The Bertz CT molecular complexity index is 576. The van der Waals surface area contributed by atoms with Gasteiger partial charge in [-0.3, -0.25) is 0 Å². The van der Waals surface area contributed by atoms with E-state index in [-0.39, 0.29) is 12.4 Å². The number of alkyl halides is 3. The van der Waals surface area contributed by atoms with Gasteiger partial charge in [0.2, 0.25) is 0 Å². The van der Waals surface area contributed by atoms with Crippen molar-refractivity contribution in [1.82, 2.24) is 14.8 Å². The molecule has 2 rings (SSSR count). The number of hydrogen-bond donors (Lipinski definition) is 0. The van der Waals surface area contributed by atoms with E-state index in [0.29, 0.717) is 11.6 Å². The molecule has 1 heterocycles. The zero-order chi connectivity index (χ0) is 14.8. The van der Waals surface area contributed by atoms with Gasteiger partial charge in [-0.15, -0.1) is 0 Å². The molecule has 0 amide bonds. The summed E-state index contributed by atoms with van der Waals surface area (Å²) < 4.78 is 43.7. The lowest BCUT2D eigenvalue weighted by molar-refractivity contribution is -0.129. The van der Waals surface area contributed by atoms with E-state index in [1.807, 2.05) is 0 Å². The normalized spacial score (nSPS) is 11.7. The van der Waals surface area contributed by atoms with Gasteiger partial charge in [0.15, 0.2) is 0 Å². The molecule has 0 radical (unpaired) electrons. The van der Waals surface area contributed by atoms with E-state index in [1.54, 1.807) is 38.3 Å². The number of nitrogens with zero attached hydrogens (tertiary/aromatic N) is 3. The fourth-order valence-corrected chi connectivity index (χ4v) is 1.84. The summed E-state index contributed by atoms with van der Waals surface area (Å²) in [5.41, 5.74) is 0.833. The Kier molecular flexibility index (Phi) is 3.96. The zero-order valence-corrected chi connectivity index (χ0v) is 11.1. The molecule has 1 aromatic heterocycles. The minimum atomic E-state index is -4.29. The van der Waals surface area contributed by atoms with Crippen molar-refractivity contribution in [1.29, 1.82) is 0 Å². The first-order chi connectivity index (χ1) is 9.37. The number of ether oxygens (including phenoxy) is 1. The van der Waals surface area contributed by atoms with E-state index in [9.17, 15) is 13.2 Å². The molecule has 20 heavy (non-hydrogen) atoms. The lowest BCUT2D eigenvalue weighted by Gasteiger charge is -2.09. The molecular weight excluding hydrogens is 271 g/mol. The summed E-state index contributed by atoms with van der Waals surface area (Å²) in [6, 6.07) is 7.07. The smallest absolute Gasteiger partial charge is 0.396 e. The Morgan fingerprint density at radius 1 is 1.20 bits per heavy atom. The van der Waals surface area contributed by atoms with Crippen molar-refractivity contribution in [2.24, 2.45) is 0 Å².